The first kappa shape index (κ1) is 19.7. The lowest BCUT2D eigenvalue weighted by Gasteiger charge is -2.32. The van der Waals surface area contributed by atoms with Crippen molar-refractivity contribution in [1.82, 2.24) is 9.47 Å². The van der Waals surface area contributed by atoms with Crippen LogP contribution in [0.15, 0.2) is 77.4 Å². The van der Waals surface area contributed by atoms with Gasteiger partial charge in [-0.2, -0.15) is 0 Å². The van der Waals surface area contributed by atoms with Gasteiger partial charge in [-0.15, -0.1) is 0 Å². The number of aromatic nitrogens is 1. The van der Waals surface area contributed by atoms with E-state index in [-0.39, 0.29) is 5.91 Å². The van der Waals surface area contributed by atoms with Crippen LogP contribution in [-0.4, -0.2) is 28.5 Å². The Bertz CT molecular complexity index is 1180. The number of furan rings is 1. The normalized spacial score (nSPS) is 14.9. The smallest absolute Gasteiger partial charge is 0.270 e. The van der Waals surface area contributed by atoms with E-state index in [9.17, 15) is 4.79 Å². The molecule has 4 aromatic rings. The molecule has 4 heteroatoms. The average Bonchev–Trinajstić information content (AvgIpc) is 3.39. The number of aryl methyl sites for hydroxylation is 1. The molecule has 3 heterocycles. The maximum atomic E-state index is 13.5. The van der Waals surface area contributed by atoms with Gasteiger partial charge in [-0.1, -0.05) is 54.6 Å². The minimum Gasteiger partial charge on any atom is -0.463 e. The van der Waals surface area contributed by atoms with Crippen molar-refractivity contribution in [3.8, 4) is 0 Å². The summed E-state index contributed by atoms with van der Waals surface area (Å²) in [7, 11) is 0. The Hall–Kier alpha value is -3.27. The molecule has 0 radical (unpaired) electrons. The second kappa shape index (κ2) is 8.46. The number of hydrogen-bond acceptors (Lipinski definition) is 2. The number of nitrogens with zero attached hydrogens (tertiary/aromatic N) is 2. The summed E-state index contributed by atoms with van der Waals surface area (Å²) in [6.07, 6.45) is 4.90. The molecule has 0 spiro atoms. The van der Waals surface area contributed by atoms with Crippen molar-refractivity contribution in [2.24, 2.45) is 5.92 Å². The molecule has 158 valence electrons. The molecule has 1 aliphatic heterocycles. The Morgan fingerprint density at radius 3 is 2.52 bits per heavy atom. The summed E-state index contributed by atoms with van der Waals surface area (Å²) in [4.78, 5) is 15.5. The molecule has 0 bridgehead atoms. The highest BCUT2D eigenvalue weighted by molar-refractivity contribution is 5.97. The topological polar surface area (TPSA) is 38.4 Å². The van der Waals surface area contributed by atoms with E-state index in [1.807, 2.05) is 23.1 Å². The molecule has 1 fully saturated rings. The van der Waals surface area contributed by atoms with E-state index in [0.29, 0.717) is 12.5 Å². The molecular formula is C27H28N2O2. The Kier molecular flexibility index (Phi) is 5.37. The molecule has 2 aromatic carbocycles. The van der Waals surface area contributed by atoms with E-state index in [1.165, 1.54) is 16.7 Å². The molecule has 0 saturated carbocycles. The summed E-state index contributed by atoms with van der Waals surface area (Å²) in [6.45, 7) is 4.41. The summed E-state index contributed by atoms with van der Waals surface area (Å²) in [5, 5.41) is 0. The second-order valence-corrected chi connectivity index (χ2v) is 8.64. The number of carbonyl (C=O) groups is 1. The van der Waals surface area contributed by atoms with Gasteiger partial charge >= 0.3 is 0 Å². The fourth-order valence-corrected chi connectivity index (χ4v) is 4.73. The van der Waals surface area contributed by atoms with Gasteiger partial charge in [0.15, 0.2) is 5.58 Å². The van der Waals surface area contributed by atoms with Gasteiger partial charge in [0, 0.05) is 31.8 Å². The third-order valence-corrected chi connectivity index (χ3v) is 6.60. The SMILES string of the molecule is Cc1ccccc1Cn1c(C(=O)N2CCC(Cc3ccccc3)CC2)cc2occc21. The number of fused-ring (bicyclic) bond motifs is 1. The summed E-state index contributed by atoms with van der Waals surface area (Å²) in [5.41, 5.74) is 6.31. The number of piperidine rings is 1. The van der Waals surface area contributed by atoms with Crippen molar-refractivity contribution in [1.29, 1.82) is 0 Å². The molecule has 4 nitrogen and oxygen atoms in total. The molecule has 1 amide bonds. The first-order valence-corrected chi connectivity index (χ1v) is 11.1. The van der Waals surface area contributed by atoms with Crippen LogP contribution in [0.4, 0.5) is 0 Å². The largest absolute Gasteiger partial charge is 0.463 e. The van der Waals surface area contributed by atoms with E-state index in [2.05, 4.69) is 60.0 Å². The van der Waals surface area contributed by atoms with Gasteiger partial charge in [-0.05, 0) is 48.8 Å². The lowest BCUT2D eigenvalue weighted by molar-refractivity contribution is 0.0680. The maximum Gasteiger partial charge on any atom is 0.270 e. The van der Waals surface area contributed by atoms with Crippen LogP contribution in [0.5, 0.6) is 0 Å². The van der Waals surface area contributed by atoms with Gasteiger partial charge in [0.2, 0.25) is 0 Å². The quantitative estimate of drug-likeness (QED) is 0.423. The van der Waals surface area contributed by atoms with Gasteiger partial charge in [0.25, 0.3) is 5.91 Å². The second-order valence-electron chi connectivity index (χ2n) is 8.64. The van der Waals surface area contributed by atoms with Crippen molar-refractivity contribution < 1.29 is 9.21 Å². The highest BCUT2D eigenvalue weighted by atomic mass is 16.3. The molecule has 0 aliphatic carbocycles. The molecule has 1 aliphatic rings. The fraction of sp³-hybridized carbons (Fsp3) is 0.296. The molecule has 0 atom stereocenters. The first-order chi connectivity index (χ1) is 15.2. The lowest BCUT2D eigenvalue weighted by Crippen LogP contribution is -2.39. The van der Waals surface area contributed by atoms with Crippen molar-refractivity contribution in [3.05, 3.63) is 95.4 Å². The van der Waals surface area contributed by atoms with E-state index >= 15 is 0 Å². The zero-order chi connectivity index (χ0) is 21.2. The number of benzene rings is 2. The van der Waals surface area contributed by atoms with Gasteiger partial charge in [0.05, 0.1) is 11.8 Å². The predicted molar refractivity (Wildman–Crippen MR) is 123 cm³/mol. The molecule has 31 heavy (non-hydrogen) atoms. The van der Waals surface area contributed by atoms with Crippen LogP contribution < -0.4 is 0 Å². The monoisotopic (exact) mass is 412 g/mol. The zero-order valence-corrected chi connectivity index (χ0v) is 18.0. The zero-order valence-electron chi connectivity index (χ0n) is 18.0. The average molecular weight is 413 g/mol. The van der Waals surface area contributed by atoms with E-state index in [4.69, 9.17) is 4.42 Å². The van der Waals surface area contributed by atoms with Crippen molar-refractivity contribution >= 4 is 17.0 Å². The van der Waals surface area contributed by atoms with E-state index in [0.717, 1.165) is 49.1 Å². The molecule has 0 unspecified atom stereocenters. The maximum absolute atomic E-state index is 13.5. The predicted octanol–water partition coefficient (Wildman–Crippen LogP) is 5.69. The van der Waals surface area contributed by atoms with Gasteiger partial charge in [-0.3, -0.25) is 4.79 Å². The van der Waals surface area contributed by atoms with Crippen molar-refractivity contribution in [2.45, 2.75) is 32.7 Å². The summed E-state index contributed by atoms with van der Waals surface area (Å²) in [5.74, 6) is 0.750. The van der Waals surface area contributed by atoms with Crippen LogP contribution >= 0.6 is 0 Å². The minimum absolute atomic E-state index is 0.109. The van der Waals surface area contributed by atoms with Crippen LogP contribution in [0.2, 0.25) is 0 Å². The molecule has 2 aromatic heterocycles. The summed E-state index contributed by atoms with van der Waals surface area (Å²) >= 11 is 0. The van der Waals surface area contributed by atoms with Crippen molar-refractivity contribution in [2.75, 3.05) is 13.1 Å². The van der Waals surface area contributed by atoms with Crippen LogP contribution in [0.25, 0.3) is 11.1 Å². The first-order valence-electron chi connectivity index (χ1n) is 11.1. The molecule has 1 saturated heterocycles. The third kappa shape index (κ3) is 4.02. The minimum atomic E-state index is 0.109. The molecule has 5 rings (SSSR count). The summed E-state index contributed by atoms with van der Waals surface area (Å²) < 4.78 is 7.75. The summed E-state index contributed by atoms with van der Waals surface area (Å²) in [6, 6.07) is 22.9. The van der Waals surface area contributed by atoms with Gasteiger partial charge in [-0.25, -0.2) is 0 Å². The standard InChI is InChI=1S/C27H28N2O2/c1-20-7-5-6-10-23(20)19-29-24-13-16-31-26(24)18-25(29)27(30)28-14-11-22(12-15-28)17-21-8-3-2-4-9-21/h2-10,13,16,18,22H,11-12,14-15,17,19H2,1H3. The lowest BCUT2D eigenvalue weighted by atomic mass is 9.90. The van der Waals surface area contributed by atoms with Gasteiger partial charge < -0.3 is 13.9 Å². The Balaban J connectivity index is 1.33. The number of carbonyl (C=O) groups excluding carboxylic acids is 1. The molecule has 0 N–H and O–H groups in total. The highest BCUT2D eigenvalue weighted by Gasteiger charge is 2.27. The van der Waals surface area contributed by atoms with E-state index in [1.54, 1.807) is 6.26 Å². The Labute approximate surface area is 183 Å². The highest BCUT2D eigenvalue weighted by Crippen LogP contribution is 2.27. The van der Waals surface area contributed by atoms with Crippen LogP contribution in [-0.2, 0) is 13.0 Å². The van der Waals surface area contributed by atoms with Crippen LogP contribution in [0, 0.1) is 12.8 Å². The number of hydrogen-bond donors (Lipinski definition) is 0. The van der Waals surface area contributed by atoms with Crippen LogP contribution in [0.3, 0.4) is 0 Å². The Morgan fingerprint density at radius 2 is 1.74 bits per heavy atom. The Morgan fingerprint density at radius 1 is 1.00 bits per heavy atom. The third-order valence-electron chi connectivity index (χ3n) is 6.60. The molecular weight excluding hydrogens is 384 g/mol. The number of amides is 1. The number of likely N-dealkylation sites (tertiary alicyclic amines) is 1. The van der Waals surface area contributed by atoms with Crippen LogP contribution in [0.1, 0.15) is 40.0 Å². The number of rotatable bonds is 5. The van der Waals surface area contributed by atoms with Gasteiger partial charge in [0.1, 0.15) is 5.69 Å². The van der Waals surface area contributed by atoms with Crippen molar-refractivity contribution in [3.63, 3.8) is 0 Å². The van der Waals surface area contributed by atoms with E-state index < -0.39 is 0 Å². The fourth-order valence-electron chi connectivity index (χ4n) is 4.73.